The Morgan fingerprint density at radius 1 is 1.32 bits per heavy atom. The Balaban J connectivity index is 4.48. The minimum absolute atomic E-state index is 0.477. The number of carbonyl (C=O) groups excluding carboxylic acids is 1. The first-order chi connectivity index (χ1) is 8.28. The Hall–Kier alpha value is -1.16. The van der Waals surface area contributed by atoms with Gasteiger partial charge in [-0.1, -0.05) is 20.4 Å². The van der Waals surface area contributed by atoms with Gasteiger partial charge in [0, 0.05) is 12.0 Å². The molecule has 10 heteroatoms. The molecule has 1 N–H and O–H groups in total. The van der Waals surface area contributed by atoms with Crippen LogP contribution in [-0.4, -0.2) is 33.0 Å². The minimum atomic E-state index is -5.47. The van der Waals surface area contributed by atoms with Crippen LogP contribution in [0.3, 0.4) is 0 Å². The molecule has 112 valence electrons. The van der Waals surface area contributed by atoms with Gasteiger partial charge in [0.2, 0.25) is 5.83 Å². The zero-order valence-electron chi connectivity index (χ0n) is 10.2. The fraction of sp³-hybridized carbons (Fsp3) is 0.667. The van der Waals surface area contributed by atoms with E-state index in [1.165, 1.54) is 18.6 Å². The van der Waals surface area contributed by atoms with Crippen LogP contribution in [0.25, 0.3) is 0 Å². The molecule has 0 heterocycles. The van der Waals surface area contributed by atoms with E-state index in [-0.39, 0.29) is 0 Å². The molecule has 0 amide bonds. The summed E-state index contributed by atoms with van der Waals surface area (Å²) in [4.78, 5) is 10.7. The van der Waals surface area contributed by atoms with Crippen LogP contribution in [-0.2, 0) is 19.6 Å². The lowest BCUT2D eigenvalue weighted by Gasteiger charge is -2.24. The highest BCUT2D eigenvalue weighted by molar-refractivity contribution is 7.90. The molecule has 0 aromatic heterocycles. The third-order valence-corrected chi connectivity index (χ3v) is 2.99. The summed E-state index contributed by atoms with van der Waals surface area (Å²) in [6.07, 6.45) is 0. The van der Waals surface area contributed by atoms with Crippen molar-refractivity contribution in [3.05, 3.63) is 12.4 Å². The number of ether oxygens (including phenoxy) is 1. The van der Waals surface area contributed by atoms with Gasteiger partial charge in [0.25, 0.3) is 0 Å². The molecule has 0 saturated heterocycles. The smallest absolute Gasteiger partial charge is 0.460 e. The first-order valence-electron chi connectivity index (χ1n) is 4.86. The van der Waals surface area contributed by atoms with Gasteiger partial charge in [-0.25, -0.2) is 17.9 Å². The van der Waals surface area contributed by atoms with E-state index in [0.29, 0.717) is 0 Å². The van der Waals surface area contributed by atoms with Crippen LogP contribution in [0.2, 0.25) is 0 Å². The van der Waals surface area contributed by atoms with Gasteiger partial charge in [0.1, 0.15) is 0 Å². The molecule has 0 spiro atoms. The van der Waals surface area contributed by atoms with Gasteiger partial charge >= 0.3 is 21.5 Å². The van der Waals surface area contributed by atoms with E-state index in [4.69, 9.17) is 0 Å². The van der Waals surface area contributed by atoms with Crippen molar-refractivity contribution in [3.8, 4) is 0 Å². The lowest BCUT2D eigenvalue weighted by Crippen LogP contribution is -2.42. The maximum atomic E-state index is 12.3. The van der Waals surface area contributed by atoms with Crippen molar-refractivity contribution >= 4 is 16.0 Å². The molecule has 19 heavy (non-hydrogen) atoms. The van der Waals surface area contributed by atoms with Gasteiger partial charge in [-0.15, -0.1) is 0 Å². The SMILES string of the molecule is C=C(F)C(=O)OCC(C)(C)CNS(=O)(=O)C(F)(F)F. The van der Waals surface area contributed by atoms with Gasteiger partial charge < -0.3 is 4.74 Å². The zero-order valence-corrected chi connectivity index (χ0v) is 11.0. The van der Waals surface area contributed by atoms with Crippen LogP contribution in [0.4, 0.5) is 17.6 Å². The second-order valence-electron chi connectivity index (χ2n) is 4.42. The second-order valence-corrected chi connectivity index (χ2v) is 6.17. The summed E-state index contributed by atoms with van der Waals surface area (Å²) < 4.78 is 75.5. The normalized spacial score (nSPS) is 13.2. The highest BCUT2D eigenvalue weighted by atomic mass is 32.2. The molecular weight excluding hydrogens is 294 g/mol. The van der Waals surface area contributed by atoms with Gasteiger partial charge in [-0.05, 0) is 0 Å². The zero-order chi connectivity index (χ0) is 15.5. The van der Waals surface area contributed by atoms with Crippen molar-refractivity contribution in [2.75, 3.05) is 13.2 Å². The Kier molecular flexibility index (Phi) is 5.51. The highest BCUT2D eigenvalue weighted by Crippen LogP contribution is 2.23. The molecule has 0 saturated carbocycles. The molecular formula is C9H13F4NO4S. The van der Waals surface area contributed by atoms with Crippen LogP contribution in [0.15, 0.2) is 12.4 Å². The molecule has 0 rings (SSSR count). The van der Waals surface area contributed by atoms with E-state index in [1.807, 2.05) is 0 Å². The lowest BCUT2D eigenvalue weighted by molar-refractivity contribution is -0.143. The van der Waals surface area contributed by atoms with E-state index in [1.54, 1.807) is 0 Å². The summed E-state index contributed by atoms with van der Waals surface area (Å²) in [5.74, 6) is -2.71. The topological polar surface area (TPSA) is 72.5 Å². The van der Waals surface area contributed by atoms with Crippen LogP contribution < -0.4 is 4.72 Å². The summed E-state index contributed by atoms with van der Waals surface area (Å²) in [5, 5.41) is 0. The number of esters is 1. The number of alkyl halides is 3. The number of hydrogen-bond donors (Lipinski definition) is 1. The Morgan fingerprint density at radius 3 is 2.16 bits per heavy atom. The minimum Gasteiger partial charge on any atom is -0.460 e. The monoisotopic (exact) mass is 307 g/mol. The number of halogens is 4. The van der Waals surface area contributed by atoms with Crippen LogP contribution in [0.1, 0.15) is 13.8 Å². The molecule has 0 bridgehead atoms. The molecule has 0 aromatic rings. The van der Waals surface area contributed by atoms with E-state index in [0.717, 1.165) is 0 Å². The number of carbonyl (C=O) groups is 1. The molecule has 0 aliphatic rings. The van der Waals surface area contributed by atoms with Gasteiger partial charge in [0.15, 0.2) is 0 Å². The third-order valence-electron chi connectivity index (χ3n) is 1.86. The predicted molar refractivity (Wildman–Crippen MR) is 58.0 cm³/mol. The summed E-state index contributed by atoms with van der Waals surface area (Å²) in [5.41, 5.74) is -6.57. The molecule has 0 unspecified atom stereocenters. The molecule has 0 radical (unpaired) electrons. The quantitative estimate of drug-likeness (QED) is 0.458. The third kappa shape index (κ3) is 6.01. The predicted octanol–water partition coefficient (Wildman–Crippen LogP) is 1.48. The van der Waals surface area contributed by atoms with Crippen LogP contribution in [0, 0.1) is 5.41 Å². The number of rotatable bonds is 6. The average molecular weight is 307 g/mol. The van der Waals surface area contributed by atoms with E-state index in [9.17, 15) is 30.8 Å². The maximum absolute atomic E-state index is 12.3. The summed E-state index contributed by atoms with van der Waals surface area (Å²) >= 11 is 0. The number of sulfonamides is 1. The fourth-order valence-electron chi connectivity index (χ4n) is 0.762. The molecule has 5 nitrogen and oxygen atoms in total. The van der Waals surface area contributed by atoms with Crippen molar-refractivity contribution in [2.45, 2.75) is 19.4 Å². The second kappa shape index (κ2) is 5.87. The lowest BCUT2D eigenvalue weighted by atomic mass is 9.95. The molecule has 0 fully saturated rings. The number of hydrogen-bond acceptors (Lipinski definition) is 4. The van der Waals surface area contributed by atoms with E-state index >= 15 is 0 Å². The van der Waals surface area contributed by atoms with Gasteiger partial charge in [-0.3, -0.25) is 0 Å². The number of nitrogens with one attached hydrogen (secondary N) is 1. The van der Waals surface area contributed by atoms with Crippen molar-refractivity contribution in [1.29, 1.82) is 0 Å². The van der Waals surface area contributed by atoms with Crippen LogP contribution >= 0.6 is 0 Å². The first kappa shape index (κ1) is 17.8. The van der Waals surface area contributed by atoms with Crippen molar-refractivity contribution in [3.63, 3.8) is 0 Å². The summed E-state index contributed by atoms with van der Waals surface area (Å²) in [7, 11) is -5.47. The van der Waals surface area contributed by atoms with Crippen molar-refractivity contribution in [1.82, 2.24) is 4.72 Å². The van der Waals surface area contributed by atoms with Gasteiger partial charge in [0.05, 0.1) is 6.61 Å². The van der Waals surface area contributed by atoms with E-state index in [2.05, 4.69) is 11.3 Å². The standard InChI is InChI=1S/C9H13F4NO4S/c1-6(10)7(15)18-5-8(2,3)4-14-19(16,17)9(11,12)13/h14H,1,4-5H2,2-3H3. The molecule has 0 aliphatic carbocycles. The Morgan fingerprint density at radius 2 is 1.79 bits per heavy atom. The molecule has 0 atom stereocenters. The van der Waals surface area contributed by atoms with Crippen molar-refractivity contribution in [2.24, 2.45) is 5.41 Å². The largest absolute Gasteiger partial charge is 0.511 e. The maximum Gasteiger partial charge on any atom is 0.511 e. The van der Waals surface area contributed by atoms with Gasteiger partial charge in [-0.2, -0.15) is 17.6 Å². The Bertz CT molecular complexity index is 455. The van der Waals surface area contributed by atoms with Crippen LogP contribution in [0.5, 0.6) is 0 Å². The molecule has 0 aromatic carbocycles. The average Bonchev–Trinajstić information content (AvgIpc) is 2.22. The highest BCUT2D eigenvalue weighted by Gasteiger charge is 2.46. The Labute approximate surface area is 107 Å². The summed E-state index contributed by atoms with van der Waals surface area (Å²) in [6, 6.07) is 0. The van der Waals surface area contributed by atoms with E-state index < -0.39 is 45.9 Å². The van der Waals surface area contributed by atoms with Crippen molar-refractivity contribution < 1.29 is 35.5 Å². The molecule has 0 aliphatic heterocycles. The summed E-state index contributed by atoms with van der Waals surface area (Å²) in [6.45, 7) is 4.22. The fourth-order valence-corrected chi connectivity index (χ4v) is 1.51. The first-order valence-corrected chi connectivity index (χ1v) is 6.34.